The smallest absolute Gasteiger partial charge is 0.124 e. The highest BCUT2D eigenvalue weighted by Gasteiger charge is 2.20. The Kier molecular flexibility index (Phi) is 5.59. The molecule has 108 valence electrons. The number of nitrogens with two attached hydrogens (primary N) is 1. The van der Waals surface area contributed by atoms with E-state index in [-0.39, 0.29) is 12.1 Å². The molecule has 3 nitrogen and oxygen atoms in total. The van der Waals surface area contributed by atoms with Crippen molar-refractivity contribution in [2.24, 2.45) is 5.73 Å². The van der Waals surface area contributed by atoms with E-state index in [1.165, 1.54) is 4.88 Å². The molecule has 20 heavy (non-hydrogen) atoms. The average molecular weight is 291 g/mol. The van der Waals surface area contributed by atoms with E-state index >= 15 is 0 Å². The predicted octanol–water partition coefficient (Wildman–Crippen LogP) is 3.40. The number of hydrogen-bond donors (Lipinski definition) is 1. The Morgan fingerprint density at radius 1 is 1.20 bits per heavy atom. The van der Waals surface area contributed by atoms with Crippen molar-refractivity contribution in [2.75, 3.05) is 13.7 Å². The number of thiophene rings is 1. The topological polar surface area (TPSA) is 44.5 Å². The summed E-state index contributed by atoms with van der Waals surface area (Å²) in [4.78, 5) is 1.33. The van der Waals surface area contributed by atoms with E-state index in [9.17, 15) is 0 Å². The van der Waals surface area contributed by atoms with Crippen molar-refractivity contribution in [1.29, 1.82) is 0 Å². The van der Waals surface area contributed by atoms with Crippen LogP contribution in [-0.4, -0.2) is 19.8 Å². The minimum Gasteiger partial charge on any atom is -0.496 e. The summed E-state index contributed by atoms with van der Waals surface area (Å²) < 4.78 is 11.4. The molecule has 2 N–H and O–H groups in total. The Morgan fingerprint density at radius 2 is 2.00 bits per heavy atom. The summed E-state index contributed by atoms with van der Waals surface area (Å²) in [7, 11) is 1.67. The van der Waals surface area contributed by atoms with E-state index in [1.807, 2.05) is 31.2 Å². The minimum atomic E-state index is -0.147. The van der Waals surface area contributed by atoms with E-state index in [0.717, 1.165) is 17.7 Å². The molecule has 1 aromatic heterocycles. The Bertz CT molecular complexity index is 511. The van der Waals surface area contributed by atoms with Gasteiger partial charge in [0.2, 0.25) is 0 Å². The minimum absolute atomic E-state index is 0.0883. The number of hydrogen-bond acceptors (Lipinski definition) is 4. The summed E-state index contributed by atoms with van der Waals surface area (Å²) in [5.74, 6) is 0.825. The van der Waals surface area contributed by atoms with Crippen molar-refractivity contribution in [2.45, 2.75) is 25.5 Å². The standard InChI is InChI=1S/C16H21NO2S/c1-12(17)16(14-7-3-4-8-15(14)18-2)19-10-9-13-6-5-11-20-13/h3-8,11-12,16H,9-10,17H2,1-2H3. The van der Waals surface area contributed by atoms with Crippen molar-refractivity contribution in [1.82, 2.24) is 0 Å². The van der Waals surface area contributed by atoms with Gasteiger partial charge in [-0.05, 0) is 24.4 Å². The lowest BCUT2D eigenvalue weighted by molar-refractivity contribution is 0.0390. The van der Waals surface area contributed by atoms with Gasteiger partial charge in [0.05, 0.1) is 13.7 Å². The van der Waals surface area contributed by atoms with Gasteiger partial charge in [0.1, 0.15) is 11.9 Å². The van der Waals surface area contributed by atoms with Crippen LogP contribution >= 0.6 is 11.3 Å². The number of benzene rings is 1. The van der Waals surface area contributed by atoms with Crippen LogP contribution in [0.4, 0.5) is 0 Å². The monoisotopic (exact) mass is 291 g/mol. The maximum Gasteiger partial charge on any atom is 0.124 e. The quantitative estimate of drug-likeness (QED) is 0.850. The normalized spacial score (nSPS) is 13.9. The number of ether oxygens (including phenoxy) is 2. The molecule has 1 heterocycles. The van der Waals surface area contributed by atoms with Gasteiger partial charge in [-0.2, -0.15) is 0 Å². The first-order chi connectivity index (χ1) is 9.72. The molecule has 2 unspecified atom stereocenters. The van der Waals surface area contributed by atoms with Crippen LogP contribution < -0.4 is 10.5 Å². The summed E-state index contributed by atoms with van der Waals surface area (Å²) in [6.07, 6.45) is 0.766. The van der Waals surface area contributed by atoms with Crippen molar-refractivity contribution in [3.05, 3.63) is 52.2 Å². The van der Waals surface area contributed by atoms with E-state index < -0.39 is 0 Å². The first-order valence-corrected chi connectivity index (χ1v) is 7.63. The van der Waals surface area contributed by atoms with Crippen LogP contribution in [0.2, 0.25) is 0 Å². The third-order valence-corrected chi connectivity index (χ3v) is 4.09. The van der Waals surface area contributed by atoms with Crippen LogP contribution in [0.5, 0.6) is 5.75 Å². The van der Waals surface area contributed by atoms with Crippen molar-refractivity contribution >= 4 is 11.3 Å². The van der Waals surface area contributed by atoms with E-state index in [2.05, 4.69) is 17.5 Å². The zero-order valence-corrected chi connectivity index (χ0v) is 12.7. The van der Waals surface area contributed by atoms with Crippen molar-refractivity contribution in [3.8, 4) is 5.75 Å². The Morgan fingerprint density at radius 3 is 2.65 bits per heavy atom. The van der Waals surface area contributed by atoms with Crippen LogP contribution in [0, 0.1) is 0 Å². The van der Waals surface area contributed by atoms with Crippen LogP contribution in [0.3, 0.4) is 0 Å². The SMILES string of the molecule is COc1ccccc1C(OCCc1cccs1)C(C)N. The molecular weight excluding hydrogens is 270 g/mol. The molecule has 4 heteroatoms. The van der Waals surface area contributed by atoms with Crippen LogP contribution in [-0.2, 0) is 11.2 Å². The van der Waals surface area contributed by atoms with Gasteiger partial charge in [-0.3, -0.25) is 0 Å². The molecule has 0 fully saturated rings. The Balaban J connectivity index is 2.03. The van der Waals surface area contributed by atoms with E-state index in [4.69, 9.17) is 15.2 Å². The van der Waals surface area contributed by atoms with Gasteiger partial charge in [0, 0.05) is 22.9 Å². The highest BCUT2D eigenvalue weighted by molar-refractivity contribution is 7.09. The van der Waals surface area contributed by atoms with Gasteiger partial charge in [-0.25, -0.2) is 0 Å². The molecule has 0 aliphatic rings. The summed E-state index contributed by atoms with van der Waals surface area (Å²) in [5, 5.41) is 2.08. The molecule has 0 saturated heterocycles. The summed E-state index contributed by atoms with van der Waals surface area (Å²) in [6.45, 7) is 2.62. The first-order valence-electron chi connectivity index (χ1n) is 6.75. The van der Waals surface area contributed by atoms with Gasteiger partial charge in [0.25, 0.3) is 0 Å². The fourth-order valence-corrected chi connectivity index (χ4v) is 2.86. The van der Waals surface area contributed by atoms with Gasteiger partial charge in [-0.1, -0.05) is 24.3 Å². The molecule has 0 radical (unpaired) electrons. The zero-order chi connectivity index (χ0) is 14.4. The molecule has 1 aromatic carbocycles. The first kappa shape index (κ1) is 15.0. The molecule has 0 amide bonds. The number of methoxy groups -OCH3 is 1. The number of rotatable bonds is 7. The third-order valence-electron chi connectivity index (χ3n) is 3.15. The Labute approximate surface area is 124 Å². The molecule has 2 rings (SSSR count). The lowest BCUT2D eigenvalue weighted by atomic mass is 10.0. The van der Waals surface area contributed by atoms with Crippen LogP contribution in [0.25, 0.3) is 0 Å². The lowest BCUT2D eigenvalue weighted by Crippen LogP contribution is -2.28. The number of para-hydroxylation sites is 1. The molecule has 0 spiro atoms. The summed E-state index contributed by atoms with van der Waals surface area (Å²) >= 11 is 1.75. The molecule has 0 aliphatic carbocycles. The summed E-state index contributed by atoms with van der Waals surface area (Å²) in [5.41, 5.74) is 7.08. The fraction of sp³-hybridized carbons (Fsp3) is 0.375. The second kappa shape index (κ2) is 7.43. The van der Waals surface area contributed by atoms with Crippen LogP contribution in [0.1, 0.15) is 23.5 Å². The van der Waals surface area contributed by atoms with Crippen LogP contribution in [0.15, 0.2) is 41.8 Å². The molecule has 0 saturated carbocycles. The molecule has 0 aliphatic heterocycles. The summed E-state index contributed by atoms with van der Waals surface area (Å²) in [6, 6.07) is 12.0. The predicted molar refractivity (Wildman–Crippen MR) is 83.4 cm³/mol. The third kappa shape index (κ3) is 3.82. The van der Waals surface area contributed by atoms with E-state index in [0.29, 0.717) is 6.61 Å². The van der Waals surface area contributed by atoms with E-state index in [1.54, 1.807) is 18.4 Å². The van der Waals surface area contributed by atoms with Crippen molar-refractivity contribution in [3.63, 3.8) is 0 Å². The van der Waals surface area contributed by atoms with Gasteiger partial charge in [-0.15, -0.1) is 11.3 Å². The second-order valence-corrected chi connectivity index (χ2v) is 5.75. The van der Waals surface area contributed by atoms with Crippen molar-refractivity contribution < 1.29 is 9.47 Å². The largest absolute Gasteiger partial charge is 0.496 e. The maximum absolute atomic E-state index is 6.07. The molecule has 0 bridgehead atoms. The Hall–Kier alpha value is -1.36. The van der Waals surface area contributed by atoms with Gasteiger partial charge >= 0.3 is 0 Å². The maximum atomic E-state index is 6.07. The molecule has 2 atom stereocenters. The highest BCUT2D eigenvalue weighted by atomic mass is 32.1. The highest BCUT2D eigenvalue weighted by Crippen LogP contribution is 2.29. The molecular formula is C16H21NO2S. The lowest BCUT2D eigenvalue weighted by Gasteiger charge is -2.23. The molecule has 2 aromatic rings. The fourth-order valence-electron chi connectivity index (χ4n) is 2.17. The zero-order valence-electron chi connectivity index (χ0n) is 11.9. The second-order valence-electron chi connectivity index (χ2n) is 4.72. The average Bonchev–Trinajstić information content (AvgIpc) is 2.96. The van der Waals surface area contributed by atoms with Gasteiger partial charge in [0.15, 0.2) is 0 Å². The van der Waals surface area contributed by atoms with Gasteiger partial charge < -0.3 is 15.2 Å².